The Kier molecular flexibility index (Phi) is 5.23. The van der Waals surface area contributed by atoms with Gasteiger partial charge in [-0.05, 0) is 36.6 Å². The molecule has 0 atom stereocenters. The Balaban J connectivity index is 2.01. The number of ether oxygens (including phenoxy) is 1. The molecule has 0 spiro atoms. The fourth-order valence-electron chi connectivity index (χ4n) is 2.05. The molecule has 0 radical (unpaired) electrons. The van der Waals surface area contributed by atoms with Gasteiger partial charge in [-0.1, -0.05) is 41.9 Å². The average molecular weight is 305 g/mol. The van der Waals surface area contributed by atoms with E-state index in [4.69, 9.17) is 21.4 Å². The molecule has 2 aromatic carbocycles. The first-order chi connectivity index (χ1) is 10.1. The van der Waals surface area contributed by atoms with Gasteiger partial charge < -0.3 is 9.84 Å². The number of carboxylic acids is 1. The van der Waals surface area contributed by atoms with Crippen LogP contribution in [0.1, 0.15) is 23.1 Å². The molecule has 0 aliphatic rings. The van der Waals surface area contributed by atoms with Crippen LogP contribution in [-0.2, 0) is 17.8 Å². The summed E-state index contributed by atoms with van der Waals surface area (Å²) in [5.74, 6) is 0.000642. The van der Waals surface area contributed by atoms with Gasteiger partial charge in [0.1, 0.15) is 12.4 Å². The number of hydrogen-bond acceptors (Lipinski definition) is 2. The highest BCUT2D eigenvalue weighted by molar-refractivity contribution is 6.31. The van der Waals surface area contributed by atoms with Gasteiger partial charge in [0.15, 0.2) is 0 Å². The summed E-state index contributed by atoms with van der Waals surface area (Å²) in [5.41, 5.74) is 2.93. The average Bonchev–Trinajstić information content (AvgIpc) is 2.45. The maximum atomic E-state index is 10.6. The summed E-state index contributed by atoms with van der Waals surface area (Å²) < 4.78 is 5.78. The summed E-state index contributed by atoms with van der Waals surface area (Å²) >= 11 is 6.09. The Labute approximate surface area is 129 Å². The fourth-order valence-corrected chi connectivity index (χ4v) is 2.24. The molecule has 0 amide bonds. The van der Waals surface area contributed by atoms with Gasteiger partial charge >= 0.3 is 5.97 Å². The van der Waals surface area contributed by atoms with Gasteiger partial charge in [0.25, 0.3) is 0 Å². The molecule has 0 bridgehead atoms. The van der Waals surface area contributed by atoms with Gasteiger partial charge in [0.2, 0.25) is 0 Å². The first-order valence-corrected chi connectivity index (χ1v) is 7.11. The van der Waals surface area contributed by atoms with Crippen molar-refractivity contribution in [2.45, 2.75) is 26.4 Å². The highest BCUT2D eigenvalue weighted by Crippen LogP contribution is 2.23. The molecule has 3 nitrogen and oxygen atoms in total. The maximum absolute atomic E-state index is 10.6. The smallest absolute Gasteiger partial charge is 0.303 e. The zero-order chi connectivity index (χ0) is 15.2. The number of carboxylic acid groups (broad SMARTS) is 1. The highest BCUT2D eigenvalue weighted by atomic mass is 35.5. The van der Waals surface area contributed by atoms with Crippen molar-refractivity contribution in [3.05, 3.63) is 64.2 Å². The Morgan fingerprint density at radius 3 is 2.67 bits per heavy atom. The standard InChI is InChI=1S/C17H17ClO3/c1-12-10-13(7-9-17(19)20)6-8-16(12)21-11-14-4-2-3-5-15(14)18/h2-6,8,10H,7,9,11H2,1H3,(H,19,20). The van der Waals surface area contributed by atoms with E-state index in [1.165, 1.54) is 0 Å². The van der Waals surface area contributed by atoms with Crippen molar-refractivity contribution < 1.29 is 14.6 Å². The largest absolute Gasteiger partial charge is 0.489 e. The number of halogens is 1. The summed E-state index contributed by atoms with van der Waals surface area (Å²) in [4.78, 5) is 10.6. The minimum atomic E-state index is -0.785. The molecular formula is C17H17ClO3. The van der Waals surface area contributed by atoms with Gasteiger partial charge in [-0.25, -0.2) is 0 Å². The zero-order valence-electron chi connectivity index (χ0n) is 11.8. The van der Waals surface area contributed by atoms with Crippen LogP contribution >= 0.6 is 11.6 Å². The molecule has 0 heterocycles. The van der Waals surface area contributed by atoms with Crippen LogP contribution in [0, 0.1) is 6.92 Å². The number of hydrogen-bond donors (Lipinski definition) is 1. The topological polar surface area (TPSA) is 46.5 Å². The van der Waals surface area contributed by atoms with Crippen LogP contribution in [0.4, 0.5) is 0 Å². The quantitative estimate of drug-likeness (QED) is 0.868. The van der Waals surface area contributed by atoms with E-state index in [1.54, 1.807) is 0 Å². The van der Waals surface area contributed by atoms with Gasteiger partial charge in [0, 0.05) is 17.0 Å². The Hall–Kier alpha value is -2.00. The molecule has 0 fully saturated rings. The lowest BCUT2D eigenvalue weighted by molar-refractivity contribution is -0.136. The number of benzene rings is 2. The minimum Gasteiger partial charge on any atom is -0.489 e. The zero-order valence-corrected chi connectivity index (χ0v) is 12.6. The van der Waals surface area contributed by atoms with E-state index in [1.807, 2.05) is 49.4 Å². The summed E-state index contributed by atoms with van der Waals surface area (Å²) in [5, 5.41) is 9.39. The normalized spacial score (nSPS) is 10.4. The van der Waals surface area contributed by atoms with Crippen molar-refractivity contribution >= 4 is 17.6 Å². The molecule has 2 rings (SSSR count). The van der Waals surface area contributed by atoms with Crippen LogP contribution in [0.2, 0.25) is 5.02 Å². The molecular weight excluding hydrogens is 288 g/mol. The summed E-state index contributed by atoms with van der Waals surface area (Å²) in [6.07, 6.45) is 0.667. The molecule has 21 heavy (non-hydrogen) atoms. The number of aliphatic carboxylic acids is 1. The Morgan fingerprint density at radius 1 is 1.24 bits per heavy atom. The van der Waals surface area contributed by atoms with Crippen molar-refractivity contribution in [1.82, 2.24) is 0 Å². The van der Waals surface area contributed by atoms with E-state index in [-0.39, 0.29) is 6.42 Å². The van der Waals surface area contributed by atoms with Crippen LogP contribution in [0.15, 0.2) is 42.5 Å². The van der Waals surface area contributed by atoms with Crippen LogP contribution in [0.3, 0.4) is 0 Å². The van der Waals surface area contributed by atoms with Gasteiger partial charge in [-0.15, -0.1) is 0 Å². The Morgan fingerprint density at radius 2 is 2.00 bits per heavy atom. The summed E-state index contributed by atoms with van der Waals surface area (Å²) in [6, 6.07) is 13.3. The first-order valence-electron chi connectivity index (χ1n) is 6.74. The molecule has 4 heteroatoms. The molecule has 2 aromatic rings. The summed E-state index contributed by atoms with van der Waals surface area (Å²) in [6.45, 7) is 2.36. The van der Waals surface area contributed by atoms with Gasteiger partial charge in [-0.2, -0.15) is 0 Å². The highest BCUT2D eigenvalue weighted by Gasteiger charge is 2.05. The molecule has 0 aliphatic carbocycles. The number of aryl methyl sites for hydroxylation is 2. The molecule has 0 aliphatic heterocycles. The third-order valence-corrected chi connectivity index (χ3v) is 3.58. The van der Waals surface area contributed by atoms with Crippen molar-refractivity contribution in [3.63, 3.8) is 0 Å². The van der Waals surface area contributed by atoms with Crippen molar-refractivity contribution in [2.24, 2.45) is 0 Å². The molecule has 0 saturated carbocycles. The maximum Gasteiger partial charge on any atom is 0.303 e. The lowest BCUT2D eigenvalue weighted by Crippen LogP contribution is -2.00. The van der Waals surface area contributed by atoms with Crippen molar-refractivity contribution in [3.8, 4) is 5.75 Å². The van der Waals surface area contributed by atoms with Crippen LogP contribution in [0.5, 0.6) is 5.75 Å². The van der Waals surface area contributed by atoms with Crippen LogP contribution in [-0.4, -0.2) is 11.1 Å². The van der Waals surface area contributed by atoms with E-state index in [0.717, 1.165) is 22.4 Å². The molecule has 1 N–H and O–H groups in total. The second-order valence-corrected chi connectivity index (χ2v) is 5.28. The summed E-state index contributed by atoms with van der Waals surface area (Å²) in [7, 11) is 0. The third-order valence-electron chi connectivity index (χ3n) is 3.21. The lowest BCUT2D eigenvalue weighted by atomic mass is 10.1. The number of rotatable bonds is 6. The second-order valence-electron chi connectivity index (χ2n) is 4.87. The van der Waals surface area contributed by atoms with E-state index in [2.05, 4.69) is 0 Å². The van der Waals surface area contributed by atoms with E-state index < -0.39 is 5.97 Å². The van der Waals surface area contributed by atoms with Gasteiger partial charge in [0.05, 0.1) is 0 Å². The van der Waals surface area contributed by atoms with Gasteiger partial charge in [-0.3, -0.25) is 4.79 Å². The third kappa shape index (κ3) is 4.50. The minimum absolute atomic E-state index is 0.138. The first kappa shape index (κ1) is 15.4. The predicted octanol–water partition coefficient (Wildman–Crippen LogP) is 4.24. The van der Waals surface area contributed by atoms with Crippen LogP contribution in [0.25, 0.3) is 0 Å². The SMILES string of the molecule is Cc1cc(CCC(=O)O)ccc1OCc1ccccc1Cl. The second kappa shape index (κ2) is 7.14. The number of carbonyl (C=O) groups is 1. The molecule has 0 aromatic heterocycles. The van der Waals surface area contributed by atoms with E-state index in [0.29, 0.717) is 18.1 Å². The monoisotopic (exact) mass is 304 g/mol. The molecule has 0 saturated heterocycles. The Bertz CT molecular complexity index is 638. The van der Waals surface area contributed by atoms with Crippen LogP contribution < -0.4 is 4.74 Å². The van der Waals surface area contributed by atoms with E-state index in [9.17, 15) is 4.79 Å². The molecule has 0 unspecified atom stereocenters. The van der Waals surface area contributed by atoms with Crippen molar-refractivity contribution in [1.29, 1.82) is 0 Å². The fraction of sp³-hybridized carbons (Fsp3) is 0.235. The lowest BCUT2D eigenvalue weighted by Gasteiger charge is -2.11. The predicted molar refractivity (Wildman–Crippen MR) is 82.9 cm³/mol. The molecule has 110 valence electrons. The van der Waals surface area contributed by atoms with E-state index >= 15 is 0 Å². The van der Waals surface area contributed by atoms with Crippen molar-refractivity contribution in [2.75, 3.05) is 0 Å².